The van der Waals surface area contributed by atoms with Crippen LogP contribution in [0, 0.1) is 5.92 Å². The lowest BCUT2D eigenvalue weighted by Crippen LogP contribution is -2.65. The summed E-state index contributed by atoms with van der Waals surface area (Å²) < 4.78 is 12.7. The summed E-state index contributed by atoms with van der Waals surface area (Å²) in [6, 6.07) is 11.4. The van der Waals surface area contributed by atoms with Gasteiger partial charge in [-0.15, -0.1) is 11.3 Å². The summed E-state index contributed by atoms with van der Waals surface area (Å²) in [6.45, 7) is 3.34. The van der Waals surface area contributed by atoms with Crippen molar-refractivity contribution in [2.24, 2.45) is 5.92 Å². The van der Waals surface area contributed by atoms with Crippen molar-refractivity contribution in [2.75, 3.05) is 26.2 Å². The van der Waals surface area contributed by atoms with E-state index >= 15 is 0 Å². The molecular formula is C21H23BrNO4S+. The SMILES string of the molecule is O=C(OCc1cccc(Br)c1)OC1C[N+]2(CC(=O)c3cccs3)CCC1CC2. The minimum absolute atomic E-state index is 0.173. The lowest BCUT2D eigenvalue weighted by atomic mass is 9.83. The molecule has 0 aliphatic carbocycles. The van der Waals surface area contributed by atoms with Crippen molar-refractivity contribution in [1.29, 1.82) is 0 Å². The first-order valence-electron chi connectivity index (χ1n) is 9.53. The number of fused-ring (bicyclic) bond motifs is 3. The smallest absolute Gasteiger partial charge is 0.429 e. The molecule has 5 rings (SSSR count). The summed E-state index contributed by atoms with van der Waals surface area (Å²) in [5, 5.41) is 1.93. The van der Waals surface area contributed by atoms with Crippen LogP contribution in [0.1, 0.15) is 28.1 Å². The predicted molar refractivity (Wildman–Crippen MR) is 110 cm³/mol. The molecule has 0 amide bonds. The highest BCUT2D eigenvalue weighted by atomic mass is 79.9. The van der Waals surface area contributed by atoms with Gasteiger partial charge < -0.3 is 14.0 Å². The Labute approximate surface area is 177 Å². The van der Waals surface area contributed by atoms with Crippen molar-refractivity contribution in [3.63, 3.8) is 0 Å². The van der Waals surface area contributed by atoms with E-state index in [-0.39, 0.29) is 18.5 Å². The number of rotatable bonds is 6. The van der Waals surface area contributed by atoms with Gasteiger partial charge in [0.15, 0.2) is 6.10 Å². The number of thiophene rings is 1. The van der Waals surface area contributed by atoms with Crippen LogP contribution in [-0.4, -0.2) is 48.7 Å². The molecule has 0 radical (unpaired) electrons. The molecule has 28 heavy (non-hydrogen) atoms. The molecular weight excluding hydrogens is 442 g/mol. The second kappa shape index (κ2) is 8.35. The third-order valence-electron chi connectivity index (χ3n) is 5.81. The van der Waals surface area contributed by atoms with E-state index in [1.165, 1.54) is 11.3 Å². The summed E-state index contributed by atoms with van der Waals surface area (Å²) >= 11 is 4.90. The highest BCUT2D eigenvalue weighted by Gasteiger charge is 2.48. The first kappa shape index (κ1) is 19.6. The maximum absolute atomic E-state index is 12.6. The highest BCUT2D eigenvalue weighted by molar-refractivity contribution is 9.10. The Morgan fingerprint density at radius 3 is 2.71 bits per heavy atom. The van der Waals surface area contributed by atoms with E-state index in [1.807, 2.05) is 41.8 Å². The van der Waals surface area contributed by atoms with Crippen LogP contribution in [0.4, 0.5) is 4.79 Å². The second-order valence-corrected chi connectivity index (χ2v) is 9.56. The molecule has 3 saturated heterocycles. The van der Waals surface area contributed by atoms with Crippen LogP contribution in [0.5, 0.6) is 0 Å². The third-order valence-corrected chi connectivity index (χ3v) is 7.21. The largest absolute Gasteiger partial charge is 0.509 e. The molecule has 1 aromatic heterocycles. The minimum atomic E-state index is -0.624. The molecule has 0 spiro atoms. The molecule has 1 unspecified atom stereocenters. The number of nitrogens with zero attached hydrogens (tertiary/aromatic N) is 1. The van der Waals surface area contributed by atoms with Crippen LogP contribution < -0.4 is 0 Å². The zero-order chi connectivity index (χ0) is 19.6. The van der Waals surface area contributed by atoms with Gasteiger partial charge >= 0.3 is 6.16 Å². The number of ketones is 1. The Hall–Kier alpha value is -1.70. The van der Waals surface area contributed by atoms with E-state index < -0.39 is 6.16 Å². The van der Waals surface area contributed by atoms with Crippen molar-refractivity contribution in [2.45, 2.75) is 25.6 Å². The first-order chi connectivity index (χ1) is 13.5. The van der Waals surface area contributed by atoms with E-state index in [2.05, 4.69) is 15.9 Å². The van der Waals surface area contributed by atoms with Crippen LogP contribution in [0.15, 0.2) is 46.3 Å². The average molecular weight is 465 g/mol. The van der Waals surface area contributed by atoms with Crippen molar-refractivity contribution in [3.05, 3.63) is 56.7 Å². The van der Waals surface area contributed by atoms with Gasteiger partial charge in [-0.1, -0.05) is 34.1 Å². The molecule has 1 atom stereocenters. The molecule has 5 nitrogen and oxygen atoms in total. The molecule has 1 aromatic carbocycles. The molecule has 0 saturated carbocycles. The molecule has 3 aliphatic heterocycles. The number of Topliss-reactive ketones (excluding diaryl/α,β-unsaturated/α-hetero) is 1. The number of benzene rings is 1. The number of carbonyl (C=O) groups is 2. The third kappa shape index (κ3) is 4.47. The van der Waals surface area contributed by atoms with Crippen molar-refractivity contribution < 1.29 is 23.5 Å². The monoisotopic (exact) mass is 464 g/mol. The summed E-state index contributed by atoms with van der Waals surface area (Å²) in [6.07, 6.45) is 1.18. The molecule has 148 valence electrons. The maximum atomic E-state index is 12.6. The lowest BCUT2D eigenvalue weighted by Gasteiger charge is -2.51. The zero-order valence-corrected chi connectivity index (χ0v) is 17.9. The van der Waals surface area contributed by atoms with Crippen molar-refractivity contribution in [3.8, 4) is 0 Å². The number of ether oxygens (including phenoxy) is 2. The first-order valence-corrected chi connectivity index (χ1v) is 11.2. The Bertz CT molecular complexity index is 846. The van der Waals surface area contributed by atoms with Crippen LogP contribution in [0.25, 0.3) is 0 Å². The molecule has 7 heteroatoms. The van der Waals surface area contributed by atoms with Gasteiger partial charge in [-0.05, 0) is 29.1 Å². The number of hydrogen-bond donors (Lipinski definition) is 0. The molecule has 3 fully saturated rings. The van der Waals surface area contributed by atoms with E-state index in [4.69, 9.17) is 9.47 Å². The van der Waals surface area contributed by atoms with Gasteiger partial charge in [0.2, 0.25) is 5.78 Å². The standard InChI is InChI=1S/C21H23BrNO4S/c22-17-4-1-3-15(11-17)14-26-21(25)27-19-13-23(8-6-16(19)7-9-23)12-18(24)20-5-2-10-28-20/h1-5,10-11,16,19H,6-9,12-14H2/q+1. The fraction of sp³-hybridized carbons (Fsp3) is 0.429. The Kier molecular flexibility index (Phi) is 5.85. The van der Waals surface area contributed by atoms with Crippen molar-refractivity contribution >= 4 is 39.2 Å². The minimum Gasteiger partial charge on any atom is -0.429 e. The normalized spacial score (nSPS) is 26.0. The van der Waals surface area contributed by atoms with Crippen LogP contribution in [0.3, 0.4) is 0 Å². The Balaban J connectivity index is 1.33. The quantitative estimate of drug-likeness (QED) is 0.354. The van der Waals surface area contributed by atoms with Gasteiger partial charge in [-0.3, -0.25) is 4.79 Å². The average Bonchev–Trinajstić information content (AvgIpc) is 3.22. The van der Waals surface area contributed by atoms with Gasteiger partial charge in [0.1, 0.15) is 19.7 Å². The number of hydrogen-bond acceptors (Lipinski definition) is 5. The van der Waals surface area contributed by atoms with Crippen LogP contribution in [0.2, 0.25) is 0 Å². The summed E-state index contributed by atoms with van der Waals surface area (Å²) in [5.41, 5.74) is 0.908. The Morgan fingerprint density at radius 2 is 2.00 bits per heavy atom. The molecule has 3 aliphatic rings. The van der Waals surface area contributed by atoms with Gasteiger partial charge in [-0.25, -0.2) is 4.79 Å². The maximum Gasteiger partial charge on any atom is 0.509 e. The van der Waals surface area contributed by atoms with E-state index in [0.29, 0.717) is 19.0 Å². The number of carbonyl (C=O) groups excluding carboxylic acids is 2. The molecule has 2 aromatic rings. The zero-order valence-electron chi connectivity index (χ0n) is 15.5. The van der Waals surface area contributed by atoms with Crippen molar-refractivity contribution in [1.82, 2.24) is 0 Å². The predicted octanol–water partition coefficient (Wildman–Crippen LogP) is 4.66. The Morgan fingerprint density at radius 1 is 1.18 bits per heavy atom. The van der Waals surface area contributed by atoms with Crippen LogP contribution >= 0.6 is 27.3 Å². The summed E-state index contributed by atoms with van der Waals surface area (Å²) in [5.74, 6) is 0.557. The van der Waals surface area contributed by atoms with E-state index in [0.717, 1.165) is 45.3 Å². The van der Waals surface area contributed by atoms with Gasteiger partial charge in [-0.2, -0.15) is 0 Å². The summed E-state index contributed by atoms with van der Waals surface area (Å²) in [4.78, 5) is 25.7. The van der Waals surface area contributed by atoms with Gasteiger partial charge in [0, 0.05) is 23.2 Å². The lowest BCUT2D eigenvalue weighted by molar-refractivity contribution is -0.938. The molecule has 0 N–H and O–H groups in total. The van der Waals surface area contributed by atoms with E-state index in [9.17, 15) is 9.59 Å². The topological polar surface area (TPSA) is 52.6 Å². The van der Waals surface area contributed by atoms with Gasteiger partial charge in [0.25, 0.3) is 0 Å². The van der Waals surface area contributed by atoms with Gasteiger partial charge in [0.05, 0.1) is 18.0 Å². The number of piperidine rings is 3. The molecule has 4 heterocycles. The molecule has 2 bridgehead atoms. The van der Waals surface area contributed by atoms with E-state index in [1.54, 1.807) is 0 Å². The fourth-order valence-electron chi connectivity index (χ4n) is 4.32. The summed E-state index contributed by atoms with van der Waals surface area (Å²) in [7, 11) is 0. The number of quaternary nitrogens is 1. The second-order valence-electron chi connectivity index (χ2n) is 7.69. The number of halogens is 1. The fourth-order valence-corrected chi connectivity index (χ4v) is 5.43. The highest BCUT2D eigenvalue weighted by Crippen LogP contribution is 2.36. The van der Waals surface area contributed by atoms with Crippen LogP contribution in [-0.2, 0) is 16.1 Å².